The second-order valence-electron chi connectivity index (χ2n) is 9.77. The zero-order valence-corrected chi connectivity index (χ0v) is 26.3. The molecule has 0 fully saturated rings. The molecule has 0 aliphatic rings. The molecule has 0 spiro atoms. The molecule has 1 N–H and O–H groups in total. The van der Waals surface area contributed by atoms with E-state index in [1.165, 1.54) is 4.90 Å². The third-order valence-corrected chi connectivity index (χ3v) is 8.67. The van der Waals surface area contributed by atoms with Crippen LogP contribution in [-0.4, -0.2) is 50.5 Å². The second-order valence-corrected chi connectivity index (χ2v) is 12.9. The van der Waals surface area contributed by atoms with Gasteiger partial charge in [0.1, 0.15) is 12.6 Å². The smallest absolute Gasteiger partial charge is 0.244 e. The van der Waals surface area contributed by atoms with E-state index >= 15 is 0 Å². The second kappa shape index (κ2) is 14.9. The largest absolute Gasteiger partial charge is 0.354 e. The van der Waals surface area contributed by atoms with Gasteiger partial charge in [-0.15, -0.1) is 0 Å². The Kier molecular flexibility index (Phi) is 11.9. The highest BCUT2D eigenvalue weighted by Crippen LogP contribution is 2.29. The molecule has 0 unspecified atom stereocenters. The van der Waals surface area contributed by atoms with E-state index in [1.54, 1.807) is 43.3 Å². The number of rotatable bonds is 13. The maximum absolute atomic E-state index is 14.2. The van der Waals surface area contributed by atoms with Gasteiger partial charge in [-0.1, -0.05) is 84.5 Å². The number of hydrogen-bond donors (Lipinski definition) is 1. The minimum atomic E-state index is -3.90. The fourth-order valence-corrected chi connectivity index (χ4v) is 6.06. The molecule has 3 aromatic rings. The van der Waals surface area contributed by atoms with Crippen LogP contribution in [-0.2, 0) is 32.6 Å². The van der Waals surface area contributed by atoms with Gasteiger partial charge in [-0.3, -0.25) is 13.9 Å². The fourth-order valence-electron chi connectivity index (χ4n) is 4.41. The van der Waals surface area contributed by atoms with Gasteiger partial charge in [0.25, 0.3) is 0 Å². The van der Waals surface area contributed by atoms with Crippen molar-refractivity contribution in [2.24, 2.45) is 0 Å². The first kappa shape index (κ1) is 32.7. The Morgan fingerprint density at radius 2 is 1.61 bits per heavy atom. The average molecular weight is 639 g/mol. The van der Waals surface area contributed by atoms with Crippen molar-refractivity contribution in [3.8, 4) is 0 Å². The Labute approximate surface area is 257 Å². The van der Waals surface area contributed by atoms with Crippen molar-refractivity contribution in [2.45, 2.75) is 45.7 Å². The number of aryl methyl sites for hydroxylation is 1. The standard InChI is InChI=1S/C30H34Cl3N3O4S/c1-4-5-16-34-30(38)28(18-22-10-7-6-8-11-22)35(19-24-25(32)12-9-13-26(24)33)29(37)20-36(41(3,39)40)27-15-14-23(31)17-21(27)2/h6-15,17,28H,4-5,16,18-20H2,1-3H3,(H,34,38)/t28-/m0/s1. The Bertz CT molecular complexity index is 1450. The van der Waals surface area contributed by atoms with Crippen LogP contribution in [0.2, 0.25) is 15.1 Å². The van der Waals surface area contributed by atoms with E-state index in [0.717, 1.165) is 29.0 Å². The minimum absolute atomic E-state index is 0.104. The van der Waals surface area contributed by atoms with E-state index in [0.29, 0.717) is 38.4 Å². The lowest BCUT2D eigenvalue weighted by Crippen LogP contribution is -2.53. The lowest BCUT2D eigenvalue weighted by Gasteiger charge is -2.34. The van der Waals surface area contributed by atoms with E-state index in [1.807, 2.05) is 37.3 Å². The van der Waals surface area contributed by atoms with Crippen LogP contribution >= 0.6 is 34.8 Å². The van der Waals surface area contributed by atoms with Crippen LogP contribution in [0.15, 0.2) is 66.7 Å². The normalized spacial score (nSPS) is 12.0. The molecule has 220 valence electrons. The summed E-state index contributed by atoms with van der Waals surface area (Å²) < 4.78 is 27.0. The van der Waals surface area contributed by atoms with Crippen molar-refractivity contribution in [2.75, 3.05) is 23.7 Å². The minimum Gasteiger partial charge on any atom is -0.354 e. The zero-order valence-electron chi connectivity index (χ0n) is 23.2. The Morgan fingerprint density at radius 3 is 2.20 bits per heavy atom. The van der Waals surface area contributed by atoms with Gasteiger partial charge in [0.05, 0.1) is 11.9 Å². The number of sulfonamides is 1. The Morgan fingerprint density at radius 1 is 0.951 bits per heavy atom. The number of anilines is 1. The summed E-state index contributed by atoms with van der Waals surface area (Å²) in [5.74, 6) is -0.945. The van der Waals surface area contributed by atoms with Crippen LogP contribution in [0.5, 0.6) is 0 Å². The molecule has 0 aliphatic heterocycles. The monoisotopic (exact) mass is 637 g/mol. The molecule has 41 heavy (non-hydrogen) atoms. The van der Waals surface area contributed by atoms with Gasteiger partial charge >= 0.3 is 0 Å². The predicted molar refractivity (Wildman–Crippen MR) is 167 cm³/mol. The van der Waals surface area contributed by atoms with Gasteiger partial charge in [-0.2, -0.15) is 0 Å². The average Bonchev–Trinajstić information content (AvgIpc) is 2.91. The lowest BCUT2D eigenvalue weighted by atomic mass is 10.0. The van der Waals surface area contributed by atoms with Gasteiger partial charge in [0, 0.05) is 40.1 Å². The van der Waals surface area contributed by atoms with Crippen molar-refractivity contribution >= 4 is 62.3 Å². The summed E-state index contributed by atoms with van der Waals surface area (Å²) >= 11 is 19.1. The molecule has 0 radical (unpaired) electrons. The van der Waals surface area contributed by atoms with E-state index < -0.39 is 28.5 Å². The molecule has 3 rings (SSSR count). The quantitative estimate of drug-likeness (QED) is 0.223. The summed E-state index contributed by atoms with van der Waals surface area (Å²) in [7, 11) is -3.90. The van der Waals surface area contributed by atoms with Gasteiger partial charge in [-0.25, -0.2) is 8.42 Å². The van der Waals surface area contributed by atoms with Crippen LogP contribution in [0.1, 0.15) is 36.5 Å². The molecular formula is C30H34Cl3N3O4S. The highest BCUT2D eigenvalue weighted by molar-refractivity contribution is 7.92. The SMILES string of the molecule is CCCCNC(=O)[C@H](Cc1ccccc1)N(Cc1c(Cl)cccc1Cl)C(=O)CN(c1ccc(Cl)cc1C)S(C)(=O)=O. The molecule has 0 saturated heterocycles. The number of benzene rings is 3. The van der Waals surface area contributed by atoms with Crippen LogP contribution < -0.4 is 9.62 Å². The summed E-state index contributed by atoms with van der Waals surface area (Å²) in [6.45, 7) is 3.52. The van der Waals surface area contributed by atoms with Crippen molar-refractivity contribution in [1.82, 2.24) is 10.2 Å². The molecule has 0 aliphatic carbocycles. The van der Waals surface area contributed by atoms with Crippen molar-refractivity contribution in [3.63, 3.8) is 0 Å². The predicted octanol–water partition coefficient (Wildman–Crippen LogP) is 6.28. The van der Waals surface area contributed by atoms with Crippen LogP contribution in [0.4, 0.5) is 5.69 Å². The summed E-state index contributed by atoms with van der Waals surface area (Å²) in [6.07, 6.45) is 2.88. The molecule has 0 heterocycles. The van der Waals surface area contributed by atoms with E-state index in [4.69, 9.17) is 34.8 Å². The zero-order chi connectivity index (χ0) is 30.2. The van der Waals surface area contributed by atoms with Crippen molar-refractivity contribution in [1.29, 1.82) is 0 Å². The molecular weight excluding hydrogens is 605 g/mol. The van der Waals surface area contributed by atoms with Crippen molar-refractivity contribution in [3.05, 3.63) is 98.5 Å². The molecule has 0 bridgehead atoms. The number of carbonyl (C=O) groups is 2. The summed E-state index contributed by atoms with van der Waals surface area (Å²) in [6, 6.07) is 18.1. The summed E-state index contributed by atoms with van der Waals surface area (Å²) in [4.78, 5) is 29.2. The summed E-state index contributed by atoms with van der Waals surface area (Å²) in [5.41, 5.74) is 2.18. The van der Waals surface area contributed by atoms with Gasteiger partial charge in [0.15, 0.2) is 0 Å². The van der Waals surface area contributed by atoms with E-state index in [9.17, 15) is 18.0 Å². The van der Waals surface area contributed by atoms with Gasteiger partial charge < -0.3 is 10.2 Å². The number of nitrogens with one attached hydrogen (secondary N) is 1. The number of amides is 2. The molecule has 11 heteroatoms. The fraction of sp³-hybridized carbons (Fsp3) is 0.333. The van der Waals surface area contributed by atoms with E-state index in [-0.39, 0.29) is 18.9 Å². The molecule has 1 atom stereocenters. The molecule has 0 saturated carbocycles. The first-order valence-corrected chi connectivity index (χ1v) is 16.2. The van der Waals surface area contributed by atoms with Crippen LogP contribution in [0, 0.1) is 6.92 Å². The molecule has 7 nitrogen and oxygen atoms in total. The maximum atomic E-state index is 14.2. The van der Waals surface area contributed by atoms with Crippen molar-refractivity contribution < 1.29 is 18.0 Å². The third kappa shape index (κ3) is 9.10. The Hall–Kier alpha value is -2.78. The molecule has 3 aromatic carbocycles. The number of unbranched alkanes of at least 4 members (excludes halogenated alkanes) is 1. The van der Waals surface area contributed by atoms with Gasteiger partial charge in [-0.05, 0) is 54.8 Å². The first-order chi connectivity index (χ1) is 19.4. The summed E-state index contributed by atoms with van der Waals surface area (Å²) in [5, 5.41) is 4.03. The number of hydrogen-bond acceptors (Lipinski definition) is 4. The topological polar surface area (TPSA) is 86.8 Å². The number of halogens is 3. The first-order valence-electron chi connectivity index (χ1n) is 13.2. The van der Waals surface area contributed by atoms with Gasteiger partial charge in [0.2, 0.25) is 21.8 Å². The van der Waals surface area contributed by atoms with Crippen LogP contribution in [0.25, 0.3) is 0 Å². The number of carbonyl (C=O) groups excluding carboxylic acids is 2. The molecule has 2 amide bonds. The third-order valence-electron chi connectivity index (χ3n) is 6.60. The highest BCUT2D eigenvalue weighted by atomic mass is 35.5. The van der Waals surface area contributed by atoms with E-state index in [2.05, 4.69) is 5.32 Å². The molecule has 0 aromatic heterocycles. The number of nitrogens with zero attached hydrogens (tertiary/aromatic N) is 2. The van der Waals surface area contributed by atoms with Crippen LogP contribution in [0.3, 0.4) is 0 Å². The highest BCUT2D eigenvalue weighted by Gasteiger charge is 2.34. The maximum Gasteiger partial charge on any atom is 0.244 e. The lowest BCUT2D eigenvalue weighted by molar-refractivity contribution is -0.140. The Balaban J connectivity index is 2.10.